The van der Waals surface area contributed by atoms with E-state index in [4.69, 9.17) is 11.1 Å². The first-order valence-corrected chi connectivity index (χ1v) is 10.7. The largest absolute Gasteiger partial charge is 0.418 e. The fourth-order valence-corrected chi connectivity index (χ4v) is 4.50. The van der Waals surface area contributed by atoms with Gasteiger partial charge in [0.25, 0.3) is 0 Å². The predicted molar refractivity (Wildman–Crippen MR) is 117 cm³/mol. The van der Waals surface area contributed by atoms with Crippen LogP contribution in [0.2, 0.25) is 0 Å². The number of halogens is 3. The lowest BCUT2D eigenvalue weighted by atomic mass is 9.79. The number of hydrogen-bond donors (Lipinski definition) is 2. The van der Waals surface area contributed by atoms with Crippen molar-refractivity contribution >= 4 is 17.3 Å². The molecule has 1 aliphatic heterocycles. The second kappa shape index (κ2) is 9.24. The molecule has 0 saturated carbocycles. The van der Waals surface area contributed by atoms with Gasteiger partial charge in [0.05, 0.1) is 11.3 Å². The van der Waals surface area contributed by atoms with Gasteiger partial charge in [-0.15, -0.1) is 0 Å². The van der Waals surface area contributed by atoms with Crippen LogP contribution in [0.15, 0.2) is 30.5 Å². The molecule has 3 rings (SSSR count). The lowest BCUT2D eigenvalue weighted by Crippen LogP contribution is -2.41. The summed E-state index contributed by atoms with van der Waals surface area (Å²) in [5.74, 6) is 2.12. The third-order valence-corrected chi connectivity index (χ3v) is 6.04. The lowest BCUT2D eigenvalue weighted by molar-refractivity contribution is -0.137. The van der Waals surface area contributed by atoms with Gasteiger partial charge in [-0.3, -0.25) is 5.41 Å². The minimum atomic E-state index is -4.63. The van der Waals surface area contributed by atoms with Crippen LogP contribution in [0.25, 0.3) is 0 Å². The molecule has 0 aliphatic carbocycles. The molecule has 2 atom stereocenters. The molecule has 2 aromatic rings. The van der Waals surface area contributed by atoms with E-state index >= 15 is 0 Å². The highest BCUT2D eigenvalue weighted by Gasteiger charge is 2.37. The highest BCUT2D eigenvalue weighted by molar-refractivity contribution is 6.13. The fourth-order valence-electron chi connectivity index (χ4n) is 4.50. The molecule has 1 saturated heterocycles. The van der Waals surface area contributed by atoms with Crippen molar-refractivity contribution < 1.29 is 13.2 Å². The third-order valence-electron chi connectivity index (χ3n) is 6.04. The van der Waals surface area contributed by atoms with Crippen molar-refractivity contribution in [2.24, 2.45) is 17.8 Å². The van der Waals surface area contributed by atoms with E-state index in [0.717, 1.165) is 38.4 Å². The number of piperidine rings is 1. The Morgan fingerprint density at radius 1 is 1.26 bits per heavy atom. The third kappa shape index (κ3) is 5.17. The molecule has 5 nitrogen and oxygen atoms in total. The minimum Gasteiger partial charge on any atom is -0.383 e. The van der Waals surface area contributed by atoms with Crippen molar-refractivity contribution in [3.05, 3.63) is 47.3 Å². The Bertz CT molecular complexity index is 926. The van der Waals surface area contributed by atoms with Crippen molar-refractivity contribution in [3.63, 3.8) is 0 Å². The Balaban J connectivity index is 1.99. The molecule has 1 aliphatic rings. The summed E-state index contributed by atoms with van der Waals surface area (Å²) >= 11 is 0. The fraction of sp³-hybridized carbons (Fsp3) is 0.522. The summed E-state index contributed by atoms with van der Waals surface area (Å²) in [6.07, 6.45) is -0.0296. The summed E-state index contributed by atoms with van der Waals surface area (Å²) < 4.78 is 41.1. The Hall–Kier alpha value is -2.64. The summed E-state index contributed by atoms with van der Waals surface area (Å²) in [7, 11) is 0. The maximum atomic E-state index is 13.7. The van der Waals surface area contributed by atoms with Gasteiger partial charge in [0.2, 0.25) is 0 Å². The van der Waals surface area contributed by atoms with Crippen LogP contribution < -0.4 is 10.6 Å². The molecule has 1 fully saturated rings. The first-order valence-electron chi connectivity index (χ1n) is 10.7. The smallest absolute Gasteiger partial charge is 0.383 e. The van der Waals surface area contributed by atoms with Crippen LogP contribution >= 0.6 is 0 Å². The molecule has 168 valence electrons. The number of nitrogens with zero attached hydrogens (tertiary/aromatic N) is 3. The number of alkyl halides is 3. The molecule has 3 heterocycles. The number of anilines is 2. The number of nitrogen functional groups attached to an aromatic ring is 1. The van der Waals surface area contributed by atoms with E-state index in [1.807, 2.05) is 0 Å². The summed E-state index contributed by atoms with van der Waals surface area (Å²) in [5, 5.41) is 8.44. The zero-order valence-corrected chi connectivity index (χ0v) is 18.2. The normalized spacial score (nSPS) is 19.6. The monoisotopic (exact) mass is 433 g/mol. The van der Waals surface area contributed by atoms with Gasteiger partial charge in [-0.25, -0.2) is 9.97 Å². The van der Waals surface area contributed by atoms with E-state index in [2.05, 4.69) is 35.6 Å². The average Bonchev–Trinajstić information content (AvgIpc) is 2.72. The molecule has 0 radical (unpaired) electrons. The minimum absolute atomic E-state index is 0.00795. The number of aromatic nitrogens is 2. The lowest BCUT2D eigenvalue weighted by Gasteiger charge is -2.40. The van der Waals surface area contributed by atoms with Crippen molar-refractivity contribution in [1.29, 1.82) is 5.41 Å². The summed E-state index contributed by atoms with van der Waals surface area (Å²) in [6.45, 7) is 8.09. The van der Waals surface area contributed by atoms with E-state index in [0.29, 0.717) is 23.6 Å². The predicted octanol–water partition coefficient (Wildman–Crippen LogP) is 5.39. The second-order valence-corrected chi connectivity index (χ2v) is 8.67. The van der Waals surface area contributed by atoms with E-state index in [-0.39, 0.29) is 17.1 Å². The highest BCUT2D eigenvalue weighted by Crippen LogP contribution is 2.36. The van der Waals surface area contributed by atoms with Gasteiger partial charge < -0.3 is 10.6 Å². The molecule has 31 heavy (non-hydrogen) atoms. The molecular weight excluding hydrogens is 403 g/mol. The first kappa shape index (κ1) is 23.0. The molecule has 0 amide bonds. The molecular formula is C23H30F3N5. The SMILES string of the molecule is CCC1CCN(c2ccc(C(F)(F)F)c(C(=N)c3cccnc3N)n2)CC1CC(C)C. The zero-order chi connectivity index (χ0) is 22.8. The number of nitrogens with two attached hydrogens (primary N) is 1. The molecule has 8 heteroatoms. The Morgan fingerprint density at radius 3 is 2.61 bits per heavy atom. The van der Waals surface area contributed by atoms with Crippen LogP contribution in [-0.2, 0) is 6.18 Å². The van der Waals surface area contributed by atoms with E-state index in [9.17, 15) is 13.2 Å². The number of pyridine rings is 2. The van der Waals surface area contributed by atoms with Crippen LogP contribution in [0.5, 0.6) is 0 Å². The topological polar surface area (TPSA) is 78.9 Å². The van der Waals surface area contributed by atoms with Crippen molar-refractivity contribution in [2.45, 2.75) is 46.2 Å². The van der Waals surface area contributed by atoms with Crippen LogP contribution in [0.1, 0.15) is 56.9 Å². The maximum absolute atomic E-state index is 13.7. The first-order chi connectivity index (χ1) is 14.6. The highest BCUT2D eigenvalue weighted by atomic mass is 19.4. The van der Waals surface area contributed by atoms with Gasteiger partial charge in [-0.2, -0.15) is 13.2 Å². The quantitative estimate of drug-likeness (QED) is 0.599. The molecule has 3 N–H and O–H groups in total. The number of hydrogen-bond acceptors (Lipinski definition) is 5. The van der Waals surface area contributed by atoms with Crippen LogP contribution in [0, 0.1) is 23.2 Å². The Kier molecular flexibility index (Phi) is 6.86. The molecule has 0 spiro atoms. The molecule has 2 unspecified atom stereocenters. The van der Waals surface area contributed by atoms with Crippen LogP contribution in [-0.4, -0.2) is 28.8 Å². The van der Waals surface area contributed by atoms with Gasteiger partial charge in [0.15, 0.2) is 0 Å². The standard InChI is InChI=1S/C23H30F3N5/c1-4-15-9-11-31(13-16(15)12-14(2)3)19-8-7-18(23(24,25)26)21(30-19)20(27)17-6-5-10-29-22(17)28/h5-8,10,14-16,27H,4,9,11-13H2,1-3H3,(H2,28,29). The van der Waals surface area contributed by atoms with E-state index in [1.165, 1.54) is 18.3 Å². The van der Waals surface area contributed by atoms with Crippen molar-refractivity contribution in [2.75, 3.05) is 23.7 Å². The van der Waals surface area contributed by atoms with E-state index in [1.54, 1.807) is 6.07 Å². The summed E-state index contributed by atoms with van der Waals surface area (Å²) in [5.41, 5.74) is 4.24. The summed E-state index contributed by atoms with van der Waals surface area (Å²) in [6, 6.07) is 5.49. The number of nitrogens with one attached hydrogen (secondary N) is 1. The molecule has 0 aromatic carbocycles. The Morgan fingerprint density at radius 2 is 2.00 bits per heavy atom. The van der Waals surface area contributed by atoms with Crippen molar-refractivity contribution in [1.82, 2.24) is 9.97 Å². The second-order valence-electron chi connectivity index (χ2n) is 8.67. The summed E-state index contributed by atoms with van der Waals surface area (Å²) in [4.78, 5) is 10.3. The molecule has 2 aromatic heterocycles. The van der Waals surface area contributed by atoms with Gasteiger partial charge in [-0.05, 0) is 54.9 Å². The van der Waals surface area contributed by atoms with Crippen molar-refractivity contribution in [3.8, 4) is 0 Å². The average molecular weight is 434 g/mol. The Labute approximate surface area is 181 Å². The van der Waals surface area contributed by atoms with E-state index < -0.39 is 17.4 Å². The van der Waals surface area contributed by atoms with Gasteiger partial charge in [0, 0.05) is 24.8 Å². The van der Waals surface area contributed by atoms with Gasteiger partial charge in [0.1, 0.15) is 17.3 Å². The van der Waals surface area contributed by atoms with Gasteiger partial charge >= 0.3 is 6.18 Å². The zero-order valence-electron chi connectivity index (χ0n) is 18.2. The van der Waals surface area contributed by atoms with Crippen LogP contribution in [0.4, 0.5) is 24.8 Å². The maximum Gasteiger partial charge on any atom is 0.418 e. The van der Waals surface area contributed by atoms with Crippen LogP contribution in [0.3, 0.4) is 0 Å². The van der Waals surface area contributed by atoms with Gasteiger partial charge in [-0.1, -0.05) is 27.2 Å². The number of rotatable bonds is 6. The molecule has 0 bridgehead atoms.